The van der Waals surface area contributed by atoms with Crippen molar-refractivity contribution in [1.82, 2.24) is 15.1 Å². The summed E-state index contributed by atoms with van der Waals surface area (Å²) in [5.41, 5.74) is 1.83. The number of anilines is 1. The first kappa shape index (κ1) is 28.8. The molecule has 0 aliphatic carbocycles. The molecule has 2 fully saturated rings. The number of likely N-dealkylation sites (tertiary alicyclic amines) is 1. The maximum Gasteiger partial charge on any atom is 0.211 e. The second-order valence-electron chi connectivity index (χ2n) is 10.4. The highest BCUT2D eigenvalue weighted by Gasteiger charge is 2.35. The number of aliphatic hydroxyl groups excluding tert-OH is 1. The minimum atomic E-state index is -0.662. The SMILES string of the molecule is C/C(=C\C(O)=C/c1ccccc1)c1c(Cl)cc(C(=NCCCN(C)C)N2CC3CCC(C2)N3)c(NC=O)c1F. The largest absolute Gasteiger partial charge is 0.508 e. The summed E-state index contributed by atoms with van der Waals surface area (Å²) >= 11 is 6.71. The van der Waals surface area contributed by atoms with E-state index in [1.165, 1.54) is 6.08 Å². The van der Waals surface area contributed by atoms with Gasteiger partial charge in [0.25, 0.3) is 0 Å². The lowest BCUT2D eigenvalue weighted by atomic mass is 9.99. The van der Waals surface area contributed by atoms with Crippen LogP contribution < -0.4 is 10.6 Å². The van der Waals surface area contributed by atoms with Crippen LogP contribution in [-0.4, -0.2) is 79.5 Å². The van der Waals surface area contributed by atoms with Gasteiger partial charge >= 0.3 is 0 Å². The molecule has 2 atom stereocenters. The van der Waals surface area contributed by atoms with Crippen LogP contribution in [0.25, 0.3) is 11.6 Å². The number of halogens is 2. The molecular formula is C30H37ClFN5O2. The van der Waals surface area contributed by atoms with Crippen molar-refractivity contribution in [1.29, 1.82) is 0 Å². The van der Waals surface area contributed by atoms with Gasteiger partial charge < -0.3 is 25.5 Å². The summed E-state index contributed by atoms with van der Waals surface area (Å²) in [6, 6.07) is 11.7. The zero-order valence-corrected chi connectivity index (χ0v) is 23.5. The number of allylic oxidation sites excluding steroid dienone is 2. The molecule has 3 N–H and O–H groups in total. The molecule has 2 saturated heterocycles. The second kappa shape index (κ2) is 13.2. The normalized spacial score (nSPS) is 20.1. The van der Waals surface area contributed by atoms with Gasteiger partial charge in [0.2, 0.25) is 6.41 Å². The summed E-state index contributed by atoms with van der Waals surface area (Å²) in [5.74, 6) is -0.0650. The molecular weight excluding hydrogens is 517 g/mol. The average molecular weight is 554 g/mol. The Kier molecular flexibility index (Phi) is 9.78. The highest BCUT2D eigenvalue weighted by Crippen LogP contribution is 2.36. The van der Waals surface area contributed by atoms with Crippen LogP contribution in [0, 0.1) is 5.82 Å². The van der Waals surface area contributed by atoms with Crippen molar-refractivity contribution in [3.8, 4) is 0 Å². The standard InChI is InChI=1S/C30H37ClFN5O2/c1-20(14-24(39)15-21-8-5-4-6-9-21)27-26(31)16-25(29(28(27)32)34-19-38)30(33-12-7-13-36(2)3)37-17-22-10-11-23(18-37)35-22/h4-6,8-9,14-16,19,22-23,35,39H,7,10-13,17-18H2,1-3H3,(H,34,38)/b20-14+,24-15+,33-30?. The predicted octanol–water partition coefficient (Wildman–Crippen LogP) is 5.18. The zero-order valence-electron chi connectivity index (χ0n) is 22.8. The molecule has 4 rings (SSSR count). The van der Waals surface area contributed by atoms with E-state index in [1.54, 1.807) is 19.1 Å². The van der Waals surface area contributed by atoms with Crippen molar-refractivity contribution in [2.75, 3.05) is 45.6 Å². The smallest absolute Gasteiger partial charge is 0.211 e. The lowest BCUT2D eigenvalue weighted by Crippen LogP contribution is -2.53. The van der Waals surface area contributed by atoms with Crippen LogP contribution in [0.2, 0.25) is 5.02 Å². The molecule has 2 heterocycles. The monoisotopic (exact) mass is 553 g/mol. The lowest BCUT2D eigenvalue weighted by molar-refractivity contribution is -0.105. The fourth-order valence-corrected chi connectivity index (χ4v) is 5.65. The Morgan fingerprint density at radius 3 is 2.59 bits per heavy atom. The number of amidine groups is 1. The number of benzene rings is 2. The molecule has 1 amide bonds. The molecule has 2 aromatic carbocycles. The highest BCUT2D eigenvalue weighted by atomic mass is 35.5. The van der Waals surface area contributed by atoms with E-state index < -0.39 is 5.82 Å². The molecule has 2 aliphatic rings. The molecule has 0 aromatic heterocycles. The molecule has 39 heavy (non-hydrogen) atoms. The summed E-state index contributed by atoms with van der Waals surface area (Å²) in [5, 5.41) is 16.9. The van der Waals surface area contributed by atoms with E-state index in [-0.39, 0.29) is 22.0 Å². The van der Waals surface area contributed by atoms with Crippen LogP contribution in [0.5, 0.6) is 0 Å². The summed E-state index contributed by atoms with van der Waals surface area (Å²) in [6.07, 6.45) is 6.54. The number of hydrogen-bond acceptors (Lipinski definition) is 5. The Morgan fingerprint density at radius 1 is 1.26 bits per heavy atom. The van der Waals surface area contributed by atoms with Crippen molar-refractivity contribution in [2.24, 2.45) is 4.99 Å². The number of fused-ring (bicyclic) bond motifs is 2. The van der Waals surface area contributed by atoms with Gasteiger partial charge in [-0.25, -0.2) is 4.39 Å². The van der Waals surface area contributed by atoms with Gasteiger partial charge in [0.05, 0.1) is 10.7 Å². The number of nitrogens with one attached hydrogen (secondary N) is 2. The summed E-state index contributed by atoms with van der Waals surface area (Å²) < 4.78 is 16.2. The van der Waals surface area contributed by atoms with Crippen molar-refractivity contribution < 1.29 is 14.3 Å². The average Bonchev–Trinajstić information content (AvgIpc) is 3.23. The molecule has 2 unspecified atom stereocenters. The second-order valence-corrected chi connectivity index (χ2v) is 10.9. The van der Waals surface area contributed by atoms with Crippen molar-refractivity contribution in [2.45, 2.75) is 38.3 Å². The molecule has 2 aromatic rings. The topological polar surface area (TPSA) is 80.2 Å². The maximum atomic E-state index is 16.2. The zero-order chi connectivity index (χ0) is 27.9. The quantitative estimate of drug-likeness (QED) is 0.0943. The number of hydrogen-bond donors (Lipinski definition) is 3. The molecule has 0 radical (unpaired) electrons. The predicted molar refractivity (Wildman–Crippen MR) is 158 cm³/mol. The number of carbonyl (C=O) groups excluding carboxylic acids is 1. The van der Waals surface area contributed by atoms with E-state index in [0.29, 0.717) is 42.0 Å². The van der Waals surface area contributed by atoms with Gasteiger partial charge in [-0.15, -0.1) is 0 Å². The van der Waals surface area contributed by atoms with Gasteiger partial charge in [0.15, 0.2) is 5.82 Å². The van der Waals surface area contributed by atoms with Gasteiger partial charge in [0.1, 0.15) is 11.6 Å². The first-order valence-corrected chi connectivity index (χ1v) is 13.7. The molecule has 208 valence electrons. The molecule has 0 spiro atoms. The molecule has 7 nitrogen and oxygen atoms in total. The van der Waals surface area contributed by atoms with Crippen LogP contribution in [0.15, 0.2) is 53.2 Å². The Labute approximate surface area is 235 Å². The Hall–Kier alpha value is -3.20. The van der Waals surface area contributed by atoms with E-state index >= 15 is 4.39 Å². The third-order valence-corrected chi connectivity index (χ3v) is 7.37. The van der Waals surface area contributed by atoms with E-state index in [9.17, 15) is 9.90 Å². The lowest BCUT2D eigenvalue weighted by Gasteiger charge is -2.36. The van der Waals surface area contributed by atoms with E-state index in [0.717, 1.165) is 44.5 Å². The van der Waals surface area contributed by atoms with Crippen molar-refractivity contribution >= 4 is 41.2 Å². The number of rotatable bonds is 10. The number of carbonyl (C=O) groups is 1. The minimum Gasteiger partial charge on any atom is -0.508 e. The van der Waals surface area contributed by atoms with E-state index in [4.69, 9.17) is 16.6 Å². The van der Waals surface area contributed by atoms with Gasteiger partial charge in [-0.3, -0.25) is 9.79 Å². The van der Waals surface area contributed by atoms with Crippen LogP contribution in [-0.2, 0) is 4.79 Å². The minimum absolute atomic E-state index is 0.0286. The van der Waals surface area contributed by atoms with Gasteiger partial charge in [-0.05, 0) is 76.2 Å². The summed E-state index contributed by atoms with van der Waals surface area (Å²) in [6.45, 7) is 4.61. The van der Waals surface area contributed by atoms with Crippen LogP contribution in [0.4, 0.5) is 10.1 Å². The third kappa shape index (κ3) is 7.26. The van der Waals surface area contributed by atoms with Gasteiger partial charge in [-0.1, -0.05) is 41.9 Å². The summed E-state index contributed by atoms with van der Waals surface area (Å²) in [4.78, 5) is 20.8. The van der Waals surface area contributed by atoms with E-state index in [1.807, 2.05) is 44.4 Å². The van der Waals surface area contributed by atoms with Gasteiger partial charge in [-0.2, -0.15) is 0 Å². The molecule has 0 saturated carbocycles. The highest BCUT2D eigenvalue weighted by molar-refractivity contribution is 6.33. The first-order chi connectivity index (χ1) is 18.8. The van der Waals surface area contributed by atoms with Crippen molar-refractivity contribution in [3.63, 3.8) is 0 Å². The van der Waals surface area contributed by atoms with E-state index in [2.05, 4.69) is 20.4 Å². The number of amides is 1. The van der Waals surface area contributed by atoms with Crippen LogP contribution in [0.1, 0.15) is 42.9 Å². The Balaban J connectivity index is 1.74. The number of aliphatic imine (C=N–C) groups is 1. The maximum absolute atomic E-state index is 16.2. The fraction of sp³-hybridized carbons (Fsp3) is 0.400. The van der Waals surface area contributed by atoms with Gasteiger partial charge in [0, 0.05) is 42.8 Å². The third-order valence-electron chi connectivity index (χ3n) is 7.08. The molecule has 9 heteroatoms. The summed E-state index contributed by atoms with van der Waals surface area (Å²) in [7, 11) is 4.03. The fourth-order valence-electron chi connectivity index (χ4n) is 5.31. The first-order valence-electron chi connectivity index (χ1n) is 13.3. The van der Waals surface area contributed by atoms with Crippen LogP contribution in [0.3, 0.4) is 0 Å². The number of piperazine rings is 1. The Morgan fingerprint density at radius 2 is 1.95 bits per heavy atom. The number of aliphatic hydroxyl groups is 1. The Bertz CT molecular complexity index is 1250. The van der Waals surface area contributed by atoms with Crippen LogP contribution >= 0.6 is 11.6 Å². The number of nitrogens with zero attached hydrogens (tertiary/aromatic N) is 3. The van der Waals surface area contributed by atoms with Crippen molar-refractivity contribution in [3.05, 3.63) is 75.8 Å². The molecule has 2 bridgehead atoms. The molecule has 2 aliphatic heterocycles.